The highest BCUT2D eigenvalue weighted by Crippen LogP contribution is 2.16. The molecular weight excluding hydrogens is 238 g/mol. The van der Waals surface area contributed by atoms with Crippen LogP contribution in [0.3, 0.4) is 0 Å². The van der Waals surface area contributed by atoms with E-state index >= 15 is 0 Å². The predicted molar refractivity (Wildman–Crippen MR) is 65.4 cm³/mol. The SMILES string of the molecule is CC(=O)Nc1cc([NH+]=C(N)N[N+](=O)[O-])ccc1C. The van der Waals surface area contributed by atoms with E-state index in [0.29, 0.717) is 11.4 Å². The van der Waals surface area contributed by atoms with Crippen molar-refractivity contribution in [3.63, 3.8) is 0 Å². The third kappa shape index (κ3) is 4.08. The summed E-state index contributed by atoms with van der Waals surface area (Å²) in [6.45, 7) is 3.23. The van der Waals surface area contributed by atoms with Gasteiger partial charge in [0, 0.05) is 24.1 Å². The largest absolute Gasteiger partial charge is 0.408 e. The number of guanidine groups is 1. The number of hydrogen-bond acceptors (Lipinski definition) is 3. The molecule has 0 aliphatic carbocycles. The number of benzene rings is 1. The van der Waals surface area contributed by atoms with Crippen LogP contribution in [0.25, 0.3) is 0 Å². The molecule has 0 atom stereocenters. The average molecular weight is 252 g/mol. The number of aryl methyl sites for hydroxylation is 1. The van der Waals surface area contributed by atoms with Crippen LogP contribution < -0.4 is 21.5 Å². The third-order valence-corrected chi connectivity index (χ3v) is 2.04. The lowest BCUT2D eigenvalue weighted by molar-refractivity contribution is -0.536. The number of nitrogens with zero attached hydrogens (tertiary/aromatic N) is 1. The zero-order valence-electron chi connectivity index (χ0n) is 9.98. The van der Waals surface area contributed by atoms with Crippen molar-refractivity contribution >= 4 is 23.2 Å². The third-order valence-electron chi connectivity index (χ3n) is 2.04. The monoisotopic (exact) mass is 252 g/mol. The van der Waals surface area contributed by atoms with Gasteiger partial charge in [-0.2, -0.15) is 0 Å². The lowest BCUT2D eigenvalue weighted by Gasteiger charge is -2.06. The number of hydrogen-bond donors (Lipinski definition) is 4. The summed E-state index contributed by atoms with van der Waals surface area (Å²) >= 11 is 0. The lowest BCUT2D eigenvalue weighted by Crippen LogP contribution is -2.74. The fraction of sp³-hybridized carbons (Fsp3) is 0.200. The number of carbonyl (C=O) groups excluding carboxylic acids is 1. The van der Waals surface area contributed by atoms with E-state index in [9.17, 15) is 14.9 Å². The van der Waals surface area contributed by atoms with Crippen LogP contribution in [0.15, 0.2) is 18.2 Å². The summed E-state index contributed by atoms with van der Waals surface area (Å²) < 4.78 is 0. The maximum Gasteiger partial charge on any atom is 0.408 e. The second-order valence-electron chi connectivity index (χ2n) is 3.62. The van der Waals surface area contributed by atoms with Crippen LogP contribution in [0.4, 0.5) is 11.4 Å². The Hall–Kier alpha value is -2.64. The van der Waals surface area contributed by atoms with E-state index in [1.807, 2.05) is 6.92 Å². The minimum atomic E-state index is -0.773. The Kier molecular flexibility index (Phi) is 4.19. The molecule has 0 fully saturated rings. The molecule has 0 unspecified atom stereocenters. The van der Waals surface area contributed by atoms with E-state index in [4.69, 9.17) is 5.73 Å². The number of rotatable bonds is 3. The number of anilines is 1. The van der Waals surface area contributed by atoms with E-state index in [1.165, 1.54) is 6.92 Å². The van der Waals surface area contributed by atoms with Crippen LogP contribution in [-0.2, 0) is 4.79 Å². The summed E-state index contributed by atoms with van der Waals surface area (Å²) in [6.07, 6.45) is 0. The second-order valence-corrected chi connectivity index (χ2v) is 3.62. The molecular formula is C10H14N5O3+. The van der Waals surface area contributed by atoms with Gasteiger partial charge in [0.05, 0.1) is 0 Å². The van der Waals surface area contributed by atoms with Gasteiger partial charge in [-0.1, -0.05) is 6.07 Å². The first-order valence-electron chi connectivity index (χ1n) is 5.07. The summed E-state index contributed by atoms with van der Waals surface area (Å²) in [4.78, 5) is 23.7. The normalized spacial score (nSPS) is 10.9. The first kappa shape index (κ1) is 13.4. The van der Waals surface area contributed by atoms with E-state index in [1.54, 1.807) is 23.6 Å². The van der Waals surface area contributed by atoms with Crippen LogP contribution in [0, 0.1) is 17.0 Å². The summed E-state index contributed by atoms with van der Waals surface area (Å²) in [5, 5.41) is 12.0. The summed E-state index contributed by atoms with van der Waals surface area (Å²) in [7, 11) is 0. The Morgan fingerprint density at radius 2 is 2.17 bits per heavy atom. The number of carbonyl (C=O) groups is 1. The molecule has 0 radical (unpaired) electrons. The van der Waals surface area contributed by atoms with Gasteiger partial charge in [0.25, 0.3) is 0 Å². The van der Waals surface area contributed by atoms with Crippen molar-refractivity contribution in [1.82, 2.24) is 5.43 Å². The molecule has 0 saturated heterocycles. The highest BCUT2D eigenvalue weighted by molar-refractivity contribution is 5.90. The molecule has 0 saturated carbocycles. The molecule has 8 nitrogen and oxygen atoms in total. The molecule has 0 spiro atoms. The minimum Gasteiger partial charge on any atom is -0.326 e. The molecule has 1 amide bonds. The molecule has 1 rings (SSSR count). The molecule has 0 aromatic heterocycles. The number of nitro groups is 1. The highest BCUT2D eigenvalue weighted by atomic mass is 16.7. The van der Waals surface area contributed by atoms with Crippen LogP contribution in [0.2, 0.25) is 0 Å². The van der Waals surface area contributed by atoms with Crippen molar-refractivity contribution in [2.24, 2.45) is 5.73 Å². The summed E-state index contributed by atoms with van der Waals surface area (Å²) in [6, 6.07) is 5.08. The van der Waals surface area contributed by atoms with E-state index in [2.05, 4.69) is 10.3 Å². The zero-order valence-corrected chi connectivity index (χ0v) is 9.98. The van der Waals surface area contributed by atoms with Crippen LogP contribution in [0.5, 0.6) is 0 Å². The maximum absolute atomic E-state index is 11.0. The fourth-order valence-corrected chi connectivity index (χ4v) is 1.31. The molecule has 5 N–H and O–H groups in total. The molecule has 1 aromatic carbocycles. The van der Waals surface area contributed by atoms with Crippen molar-refractivity contribution in [3.8, 4) is 0 Å². The predicted octanol–water partition coefficient (Wildman–Crippen LogP) is -1.24. The minimum absolute atomic E-state index is 0.199. The molecule has 96 valence electrons. The van der Waals surface area contributed by atoms with Crippen LogP contribution in [-0.4, -0.2) is 16.9 Å². The average Bonchev–Trinajstić information content (AvgIpc) is 2.21. The summed E-state index contributed by atoms with van der Waals surface area (Å²) in [5.74, 6) is -0.409. The van der Waals surface area contributed by atoms with Crippen LogP contribution >= 0.6 is 0 Å². The van der Waals surface area contributed by atoms with Gasteiger partial charge in [-0.3, -0.25) is 10.5 Å². The van der Waals surface area contributed by atoms with Gasteiger partial charge in [-0.15, -0.1) is 0 Å². The van der Waals surface area contributed by atoms with E-state index in [0.717, 1.165) is 5.56 Å². The Morgan fingerprint density at radius 3 is 2.72 bits per heavy atom. The standard InChI is InChI=1S/C10H13N5O3/c1-6-3-4-8(5-9(6)12-7(2)16)13-10(11)14-15(17)18/h3-5H,1-2H3,(H,12,16)(H3,11,13,14)/p+1. The number of amides is 1. The van der Waals surface area contributed by atoms with E-state index in [-0.39, 0.29) is 11.9 Å². The number of hydrazine groups is 1. The van der Waals surface area contributed by atoms with Crippen molar-refractivity contribution < 1.29 is 14.8 Å². The van der Waals surface area contributed by atoms with Gasteiger partial charge in [0.15, 0.2) is 0 Å². The fourth-order valence-electron chi connectivity index (χ4n) is 1.31. The Morgan fingerprint density at radius 1 is 1.50 bits per heavy atom. The Bertz CT molecular complexity index is 512. The smallest absolute Gasteiger partial charge is 0.326 e. The molecule has 0 bridgehead atoms. The topological polar surface area (TPSA) is 124 Å². The molecule has 18 heavy (non-hydrogen) atoms. The first-order chi connectivity index (χ1) is 8.38. The van der Waals surface area contributed by atoms with Crippen molar-refractivity contribution in [2.45, 2.75) is 13.8 Å². The second kappa shape index (κ2) is 5.62. The summed E-state index contributed by atoms with van der Waals surface area (Å²) in [5.41, 5.74) is 9.15. The van der Waals surface area contributed by atoms with Gasteiger partial charge < -0.3 is 5.32 Å². The van der Waals surface area contributed by atoms with Gasteiger partial charge in [0.2, 0.25) is 10.9 Å². The van der Waals surface area contributed by atoms with Crippen LogP contribution in [0.1, 0.15) is 12.5 Å². The van der Waals surface area contributed by atoms with Gasteiger partial charge in [-0.25, -0.2) is 15.1 Å². The highest BCUT2D eigenvalue weighted by Gasteiger charge is 2.08. The molecule has 0 aliphatic rings. The molecule has 8 heteroatoms. The molecule has 0 heterocycles. The Balaban J connectivity index is 2.97. The quantitative estimate of drug-likeness (QED) is 0.232. The Labute approximate surface area is 103 Å². The number of nitrogens with one attached hydrogen (secondary N) is 3. The maximum atomic E-state index is 11.0. The zero-order chi connectivity index (χ0) is 13.7. The van der Waals surface area contributed by atoms with Crippen molar-refractivity contribution in [3.05, 3.63) is 33.9 Å². The van der Waals surface area contributed by atoms with Gasteiger partial charge in [-0.05, 0) is 18.6 Å². The lowest BCUT2D eigenvalue weighted by atomic mass is 10.2. The van der Waals surface area contributed by atoms with E-state index < -0.39 is 5.03 Å². The van der Waals surface area contributed by atoms with Gasteiger partial charge >= 0.3 is 5.96 Å². The van der Waals surface area contributed by atoms with Gasteiger partial charge in [0.1, 0.15) is 5.69 Å². The molecule has 1 aromatic rings. The first-order valence-corrected chi connectivity index (χ1v) is 5.07. The number of nitrogens with two attached hydrogens (primary N) is 1. The van der Waals surface area contributed by atoms with Crippen molar-refractivity contribution in [2.75, 3.05) is 5.32 Å². The molecule has 0 aliphatic heterocycles. The van der Waals surface area contributed by atoms with Crippen molar-refractivity contribution in [1.29, 1.82) is 0 Å².